The van der Waals surface area contributed by atoms with E-state index in [4.69, 9.17) is 19.9 Å². The van der Waals surface area contributed by atoms with E-state index in [0.29, 0.717) is 0 Å². The summed E-state index contributed by atoms with van der Waals surface area (Å²) in [5.41, 5.74) is 6.04. The van der Waals surface area contributed by atoms with Crippen LogP contribution in [0, 0.1) is 0 Å². The van der Waals surface area contributed by atoms with E-state index in [2.05, 4.69) is 10.1 Å². The molecule has 0 aliphatic carbocycles. The van der Waals surface area contributed by atoms with Crippen molar-refractivity contribution in [3.05, 3.63) is 48.0 Å². The quantitative estimate of drug-likeness (QED) is 0.791. The molecular formula is C15H16N4O5. The number of benzene rings is 1. The van der Waals surface area contributed by atoms with Gasteiger partial charge in [-0.2, -0.15) is 0 Å². The molecule has 2 aromatic rings. The van der Waals surface area contributed by atoms with Crippen LogP contribution in [0.4, 0.5) is 0 Å². The topological polar surface area (TPSA) is 122 Å². The smallest absolute Gasteiger partial charge is 0.288 e. The normalized spacial score (nSPS) is 32.0. The molecule has 2 saturated heterocycles. The van der Waals surface area contributed by atoms with Crippen LogP contribution in [0.15, 0.2) is 36.7 Å². The van der Waals surface area contributed by atoms with Gasteiger partial charge in [0, 0.05) is 5.56 Å². The first kappa shape index (κ1) is 15.2. The average Bonchev–Trinajstić information content (AvgIpc) is 3.30. The highest BCUT2D eigenvalue weighted by Crippen LogP contribution is 2.43. The van der Waals surface area contributed by atoms with E-state index in [1.165, 1.54) is 11.0 Å². The standard InChI is InChI=1S/C15H16N4O5/c16-12(21)13-17-7-19(18-13)14-11-10(9(6-20)22-14)23-15(24-11)8-4-2-1-3-5-8/h1-5,7,9-11,14-15,20H,6H2,(H2,16,21)/t9?,10?,11-,14?,15?/m1/s1. The first-order valence-corrected chi connectivity index (χ1v) is 7.50. The summed E-state index contributed by atoms with van der Waals surface area (Å²) < 4.78 is 19.0. The van der Waals surface area contributed by atoms with Crippen LogP contribution in [0.2, 0.25) is 0 Å². The Hall–Kier alpha value is -2.33. The van der Waals surface area contributed by atoms with Crippen molar-refractivity contribution in [1.82, 2.24) is 14.8 Å². The minimum Gasteiger partial charge on any atom is -0.394 e. The molecule has 3 heterocycles. The van der Waals surface area contributed by atoms with Gasteiger partial charge in [-0.05, 0) is 0 Å². The number of aliphatic hydroxyl groups is 1. The molecule has 9 heteroatoms. The molecule has 9 nitrogen and oxygen atoms in total. The van der Waals surface area contributed by atoms with Crippen LogP contribution in [0.5, 0.6) is 0 Å². The number of aliphatic hydroxyl groups excluding tert-OH is 1. The van der Waals surface area contributed by atoms with Gasteiger partial charge in [-0.25, -0.2) is 9.67 Å². The van der Waals surface area contributed by atoms with E-state index < -0.39 is 36.7 Å². The van der Waals surface area contributed by atoms with Crippen molar-refractivity contribution in [2.75, 3.05) is 6.61 Å². The third kappa shape index (κ3) is 2.47. The van der Waals surface area contributed by atoms with E-state index in [-0.39, 0.29) is 12.4 Å². The fraction of sp³-hybridized carbons (Fsp3) is 0.400. The van der Waals surface area contributed by atoms with E-state index in [9.17, 15) is 9.90 Å². The van der Waals surface area contributed by atoms with E-state index in [1.807, 2.05) is 30.3 Å². The monoisotopic (exact) mass is 332 g/mol. The molecule has 126 valence electrons. The highest BCUT2D eigenvalue weighted by atomic mass is 16.8. The molecule has 24 heavy (non-hydrogen) atoms. The van der Waals surface area contributed by atoms with Crippen molar-refractivity contribution >= 4 is 5.91 Å². The summed E-state index contributed by atoms with van der Waals surface area (Å²) in [4.78, 5) is 15.0. The Balaban J connectivity index is 1.59. The molecule has 4 unspecified atom stereocenters. The SMILES string of the molecule is NC(=O)c1ncn(C2OC(CO)C3OC(c4ccccc4)O[C@H]32)n1. The number of amides is 1. The minimum absolute atomic E-state index is 0.110. The van der Waals surface area contributed by atoms with Crippen molar-refractivity contribution < 1.29 is 24.1 Å². The Labute approximate surface area is 136 Å². The molecule has 0 spiro atoms. The van der Waals surface area contributed by atoms with Crippen molar-refractivity contribution in [3.63, 3.8) is 0 Å². The Morgan fingerprint density at radius 1 is 1.21 bits per heavy atom. The number of aromatic nitrogens is 3. The number of fused-ring (bicyclic) bond motifs is 1. The van der Waals surface area contributed by atoms with Crippen molar-refractivity contribution in [1.29, 1.82) is 0 Å². The van der Waals surface area contributed by atoms with E-state index in [0.717, 1.165) is 5.56 Å². The molecule has 0 bridgehead atoms. The molecular weight excluding hydrogens is 316 g/mol. The average molecular weight is 332 g/mol. The maximum absolute atomic E-state index is 11.2. The van der Waals surface area contributed by atoms with Crippen LogP contribution >= 0.6 is 0 Å². The van der Waals surface area contributed by atoms with Gasteiger partial charge in [-0.3, -0.25) is 4.79 Å². The summed E-state index contributed by atoms with van der Waals surface area (Å²) in [6.45, 7) is -0.222. The fourth-order valence-electron chi connectivity index (χ4n) is 2.97. The van der Waals surface area contributed by atoms with Crippen LogP contribution in [-0.4, -0.2) is 50.7 Å². The third-order valence-electron chi connectivity index (χ3n) is 4.09. The molecule has 2 fully saturated rings. The largest absolute Gasteiger partial charge is 0.394 e. The lowest BCUT2D eigenvalue weighted by atomic mass is 10.1. The zero-order valence-corrected chi connectivity index (χ0v) is 12.6. The maximum Gasteiger partial charge on any atom is 0.288 e. The van der Waals surface area contributed by atoms with Gasteiger partial charge in [0.25, 0.3) is 5.91 Å². The lowest BCUT2D eigenvalue weighted by Gasteiger charge is -2.19. The molecule has 4 rings (SSSR count). The van der Waals surface area contributed by atoms with Crippen molar-refractivity contribution in [3.8, 4) is 0 Å². The van der Waals surface area contributed by atoms with Gasteiger partial charge < -0.3 is 25.1 Å². The third-order valence-corrected chi connectivity index (χ3v) is 4.09. The van der Waals surface area contributed by atoms with Gasteiger partial charge in [-0.15, -0.1) is 5.10 Å². The van der Waals surface area contributed by atoms with Gasteiger partial charge in [0.2, 0.25) is 5.82 Å². The van der Waals surface area contributed by atoms with Crippen molar-refractivity contribution in [2.45, 2.75) is 30.8 Å². The first-order chi connectivity index (χ1) is 11.7. The Bertz CT molecular complexity index is 736. The van der Waals surface area contributed by atoms with E-state index >= 15 is 0 Å². The number of carbonyl (C=O) groups is 1. The molecule has 0 saturated carbocycles. The first-order valence-electron chi connectivity index (χ1n) is 7.50. The summed E-state index contributed by atoms with van der Waals surface area (Å²) in [7, 11) is 0. The number of hydrogen-bond acceptors (Lipinski definition) is 7. The van der Waals surface area contributed by atoms with Gasteiger partial charge in [0.15, 0.2) is 12.5 Å². The second-order valence-corrected chi connectivity index (χ2v) is 5.60. The van der Waals surface area contributed by atoms with Gasteiger partial charge in [0.05, 0.1) is 6.61 Å². The van der Waals surface area contributed by atoms with Crippen LogP contribution in [0.25, 0.3) is 0 Å². The number of ether oxygens (including phenoxy) is 3. The zero-order chi connectivity index (χ0) is 16.7. The molecule has 3 N–H and O–H groups in total. The Morgan fingerprint density at radius 3 is 2.62 bits per heavy atom. The molecule has 1 amide bonds. The Morgan fingerprint density at radius 2 is 1.96 bits per heavy atom. The van der Waals surface area contributed by atoms with Crippen LogP contribution in [0.3, 0.4) is 0 Å². The fourth-order valence-corrected chi connectivity index (χ4v) is 2.97. The molecule has 2 aliphatic heterocycles. The molecule has 1 aromatic carbocycles. The second-order valence-electron chi connectivity index (χ2n) is 5.60. The predicted octanol–water partition coefficient (Wildman–Crippen LogP) is -0.251. The maximum atomic E-state index is 11.2. The van der Waals surface area contributed by atoms with Crippen LogP contribution in [0.1, 0.15) is 28.7 Å². The lowest BCUT2D eigenvalue weighted by molar-refractivity contribution is -0.156. The van der Waals surface area contributed by atoms with Crippen LogP contribution < -0.4 is 5.73 Å². The van der Waals surface area contributed by atoms with E-state index in [1.54, 1.807) is 0 Å². The summed E-state index contributed by atoms with van der Waals surface area (Å²) >= 11 is 0. The highest BCUT2D eigenvalue weighted by molar-refractivity contribution is 5.88. The predicted molar refractivity (Wildman–Crippen MR) is 78.5 cm³/mol. The van der Waals surface area contributed by atoms with Gasteiger partial charge >= 0.3 is 0 Å². The zero-order valence-electron chi connectivity index (χ0n) is 12.6. The van der Waals surface area contributed by atoms with Gasteiger partial charge in [-0.1, -0.05) is 30.3 Å². The number of hydrogen-bond donors (Lipinski definition) is 2. The summed E-state index contributed by atoms with van der Waals surface area (Å²) in [6.07, 6.45) is -1.38. The summed E-state index contributed by atoms with van der Waals surface area (Å²) in [6, 6.07) is 9.49. The summed E-state index contributed by atoms with van der Waals surface area (Å²) in [5, 5.41) is 13.6. The molecule has 2 aliphatic rings. The Kier molecular flexibility index (Phi) is 3.77. The number of carbonyl (C=O) groups excluding carboxylic acids is 1. The van der Waals surface area contributed by atoms with Crippen molar-refractivity contribution in [2.24, 2.45) is 5.73 Å². The summed E-state index contributed by atoms with van der Waals surface area (Å²) in [5.74, 6) is -0.839. The number of nitrogens with zero attached hydrogens (tertiary/aromatic N) is 3. The lowest BCUT2D eigenvalue weighted by Crippen LogP contribution is -2.30. The van der Waals surface area contributed by atoms with Gasteiger partial charge in [0.1, 0.15) is 24.6 Å². The molecule has 5 atom stereocenters. The molecule has 1 aromatic heterocycles. The number of nitrogens with two attached hydrogens (primary N) is 1. The van der Waals surface area contributed by atoms with Crippen LogP contribution in [-0.2, 0) is 14.2 Å². The second kappa shape index (κ2) is 5.95. The molecule has 0 radical (unpaired) electrons. The number of primary amides is 1. The minimum atomic E-state index is -0.729. The number of rotatable bonds is 4. The highest BCUT2D eigenvalue weighted by Gasteiger charge is 2.53.